The molecule has 26 heavy (non-hydrogen) atoms. The van der Waals surface area contributed by atoms with E-state index in [0.29, 0.717) is 0 Å². The molecule has 2 aromatic carbocycles. The van der Waals surface area contributed by atoms with Crippen LogP contribution in [0.2, 0.25) is 0 Å². The van der Waals surface area contributed by atoms with Crippen molar-refractivity contribution < 1.29 is 23.1 Å². The molecule has 0 radical (unpaired) electrons. The quantitative estimate of drug-likeness (QED) is 0.561. The summed E-state index contributed by atoms with van der Waals surface area (Å²) >= 11 is 0. The number of nitro benzene ring substituents is 2. The normalized spacial score (nSPS) is 11.0. The highest BCUT2D eigenvalue weighted by molar-refractivity contribution is 7.89. The summed E-state index contributed by atoms with van der Waals surface area (Å²) in [5, 5.41) is 29.2. The van der Waals surface area contributed by atoms with Crippen molar-refractivity contribution >= 4 is 33.0 Å². The number of benzene rings is 2. The molecule has 0 atom stereocenters. The number of carbonyl (C=O) groups excluding carboxylic acids is 1. The first kappa shape index (κ1) is 19.0. The van der Waals surface area contributed by atoms with Crippen LogP contribution in [-0.2, 0) is 21.2 Å². The second kappa shape index (κ2) is 7.25. The number of nitro groups is 2. The Morgan fingerprint density at radius 1 is 1.04 bits per heavy atom. The molecule has 2 aromatic rings. The van der Waals surface area contributed by atoms with Gasteiger partial charge in [0.25, 0.3) is 11.4 Å². The molecule has 0 bridgehead atoms. The monoisotopic (exact) mass is 380 g/mol. The van der Waals surface area contributed by atoms with E-state index in [1.165, 1.54) is 24.3 Å². The zero-order valence-electron chi connectivity index (χ0n) is 13.0. The van der Waals surface area contributed by atoms with Gasteiger partial charge in [-0.3, -0.25) is 25.0 Å². The van der Waals surface area contributed by atoms with Crippen LogP contribution < -0.4 is 10.5 Å². The van der Waals surface area contributed by atoms with Crippen LogP contribution in [0.4, 0.5) is 17.1 Å². The maximum Gasteiger partial charge on any atom is 0.279 e. The number of sulfonamides is 1. The van der Waals surface area contributed by atoms with E-state index < -0.39 is 43.6 Å². The van der Waals surface area contributed by atoms with Crippen LogP contribution in [0.1, 0.15) is 5.56 Å². The summed E-state index contributed by atoms with van der Waals surface area (Å²) in [6.07, 6.45) is -0.398. The predicted octanol–water partition coefficient (Wildman–Crippen LogP) is 1.33. The third-order valence-corrected chi connectivity index (χ3v) is 4.22. The first-order valence-electron chi connectivity index (χ1n) is 6.92. The van der Waals surface area contributed by atoms with E-state index in [9.17, 15) is 33.4 Å². The number of nitrogens with one attached hydrogen (secondary N) is 1. The summed E-state index contributed by atoms with van der Waals surface area (Å²) < 4.78 is 22.3. The molecule has 136 valence electrons. The Balaban J connectivity index is 2.17. The molecule has 1 amide bonds. The van der Waals surface area contributed by atoms with Crippen LogP contribution in [0.3, 0.4) is 0 Å². The molecule has 0 unspecified atom stereocenters. The maximum atomic E-state index is 12.0. The predicted molar refractivity (Wildman–Crippen MR) is 89.9 cm³/mol. The molecule has 11 nitrogen and oxygen atoms in total. The zero-order chi connectivity index (χ0) is 19.5. The molecule has 0 spiro atoms. The molecule has 0 aliphatic rings. The summed E-state index contributed by atoms with van der Waals surface area (Å²) in [5.41, 5.74) is -0.746. The van der Waals surface area contributed by atoms with Gasteiger partial charge in [-0.05, 0) is 30.3 Å². The smallest absolute Gasteiger partial charge is 0.279 e. The number of primary sulfonamides is 1. The van der Waals surface area contributed by atoms with Crippen LogP contribution in [0, 0.1) is 20.2 Å². The van der Waals surface area contributed by atoms with Crippen molar-refractivity contribution in [1.29, 1.82) is 0 Å². The number of rotatable bonds is 6. The fraction of sp³-hybridized carbons (Fsp3) is 0.0714. The average molecular weight is 380 g/mol. The first-order valence-corrected chi connectivity index (χ1v) is 8.47. The van der Waals surface area contributed by atoms with Gasteiger partial charge in [0.15, 0.2) is 0 Å². The molecule has 0 fully saturated rings. The second-order valence-electron chi connectivity index (χ2n) is 5.12. The summed E-state index contributed by atoms with van der Waals surface area (Å²) in [6, 6.07) is 7.99. The van der Waals surface area contributed by atoms with Crippen molar-refractivity contribution in [3.05, 3.63) is 68.3 Å². The topological polar surface area (TPSA) is 176 Å². The van der Waals surface area contributed by atoms with E-state index in [-0.39, 0.29) is 16.1 Å². The second-order valence-corrected chi connectivity index (χ2v) is 6.68. The van der Waals surface area contributed by atoms with Crippen molar-refractivity contribution in [2.24, 2.45) is 5.14 Å². The van der Waals surface area contributed by atoms with Gasteiger partial charge in [-0.15, -0.1) is 0 Å². The van der Waals surface area contributed by atoms with Crippen LogP contribution in [-0.4, -0.2) is 24.2 Å². The Hall–Kier alpha value is -3.38. The van der Waals surface area contributed by atoms with Gasteiger partial charge in [0.1, 0.15) is 0 Å². The third-order valence-electron chi connectivity index (χ3n) is 3.29. The molecular weight excluding hydrogens is 368 g/mol. The number of amides is 1. The largest absolute Gasteiger partial charge is 0.326 e. The molecule has 0 aromatic heterocycles. The fourth-order valence-corrected chi connectivity index (χ4v) is 2.61. The molecule has 0 aliphatic heterocycles. The van der Waals surface area contributed by atoms with Crippen LogP contribution in [0.15, 0.2) is 47.4 Å². The molecule has 12 heteroatoms. The van der Waals surface area contributed by atoms with Crippen LogP contribution >= 0.6 is 0 Å². The maximum absolute atomic E-state index is 12.0. The highest BCUT2D eigenvalue weighted by atomic mass is 32.2. The number of carbonyl (C=O) groups is 1. The van der Waals surface area contributed by atoms with E-state index in [2.05, 4.69) is 5.32 Å². The number of anilines is 1. The lowest BCUT2D eigenvalue weighted by molar-refractivity contribution is -0.394. The Labute approximate surface area is 146 Å². The average Bonchev–Trinajstić information content (AvgIpc) is 2.54. The van der Waals surface area contributed by atoms with E-state index in [4.69, 9.17) is 5.14 Å². The van der Waals surface area contributed by atoms with Crippen molar-refractivity contribution in [3.63, 3.8) is 0 Å². The van der Waals surface area contributed by atoms with E-state index in [1.54, 1.807) is 0 Å². The lowest BCUT2D eigenvalue weighted by Crippen LogP contribution is -2.16. The standard InChI is InChI=1S/C14H12N4O7S/c15-26(24,25)12-5-2-10(3-6-12)16-14(19)7-9-1-4-11(17(20)21)8-13(9)18(22)23/h1-6,8H,7H2,(H,16,19)(H2,15,24,25). The lowest BCUT2D eigenvalue weighted by Gasteiger charge is -2.07. The van der Waals surface area contributed by atoms with Gasteiger partial charge in [0.2, 0.25) is 15.9 Å². The van der Waals surface area contributed by atoms with Gasteiger partial charge in [-0.1, -0.05) is 0 Å². The Morgan fingerprint density at radius 2 is 1.65 bits per heavy atom. The molecule has 2 rings (SSSR count). The van der Waals surface area contributed by atoms with Crippen LogP contribution in [0.5, 0.6) is 0 Å². The Kier molecular flexibility index (Phi) is 5.28. The van der Waals surface area contributed by atoms with Gasteiger partial charge in [0.05, 0.1) is 27.2 Å². The zero-order valence-corrected chi connectivity index (χ0v) is 13.8. The Morgan fingerprint density at radius 3 is 2.15 bits per heavy atom. The molecule has 0 heterocycles. The molecule has 0 aliphatic carbocycles. The molecule has 0 saturated carbocycles. The number of hydrogen-bond donors (Lipinski definition) is 2. The minimum Gasteiger partial charge on any atom is -0.326 e. The third kappa shape index (κ3) is 4.58. The molecular formula is C14H12N4O7S. The minimum absolute atomic E-state index is 0.000689. The highest BCUT2D eigenvalue weighted by Gasteiger charge is 2.21. The van der Waals surface area contributed by atoms with Crippen molar-refractivity contribution in [1.82, 2.24) is 0 Å². The van der Waals surface area contributed by atoms with Crippen LogP contribution in [0.25, 0.3) is 0 Å². The molecule has 0 saturated heterocycles. The highest BCUT2D eigenvalue weighted by Crippen LogP contribution is 2.25. The number of hydrogen-bond acceptors (Lipinski definition) is 7. The summed E-state index contributed by atoms with van der Waals surface area (Å²) in [4.78, 5) is 32.1. The summed E-state index contributed by atoms with van der Waals surface area (Å²) in [6.45, 7) is 0. The number of non-ortho nitro benzene ring substituents is 1. The van der Waals surface area contributed by atoms with Crippen molar-refractivity contribution in [2.45, 2.75) is 11.3 Å². The van der Waals surface area contributed by atoms with Crippen molar-refractivity contribution in [2.75, 3.05) is 5.32 Å². The van der Waals surface area contributed by atoms with E-state index in [1.807, 2.05) is 0 Å². The van der Waals surface area contributed by atoms with E-state index >= 15 is 0 Å². The van der Waals surface area contributed by atoms with E-state index in [0.717, 1.165) is 18.2 Å². The summed E-state index contributed by atoms with van der Waals surface area (Å²) in [7, 11) is -3.87. The summed E-state index contributed by atoms with van der Waals surface area (Å²) in [5.74, 6) is -0.620. The Bertz CT molecular complexity index is 987. The lowest BCUT2D eigenvalue weighted by atomic mass is 10.1. The van der Waals surface area contributed by atoms with Gasteiger partial charge < -0.3 is 5.32 Å². The SMILES string of the molecule is NS(=O)(=O)c1ccc(NC(=O)Cc2ccc([N+](=O)[O-])cc2[N+](=O)[O-])cc1. The van der Waals surface area contributed by atoms with Gasteiger partial charge >= 0.3 is 0 Å². The molecule has 3 N–H and O–H groups in total. The van der Waals surface area contributed by atoms with Gasteiger partial charge in [0, 0.05) is 17.3 Å². The minimum atomic E-state index is -3.87. The van der Waals surface area contributed by atoms with Crippen molar-refractivity contribution in [3.8, 4) is 0 Å². The first-order chi connectivity index (χ1) is 12.1. The van der Waals surface area contributed by atoms with Gasteiger partial charge in [-0.2, -0.15) is 0 Å². The van der Waals surface area contributed by atoms with Gasteiger partial charge in [-0.25, -0.2) is 13.6 Å². The number of nitrogens with zero attached hydrogens (tertiary/aromatic N) is 2. The fourth-order valence-electron chi connectivity index (χ4n) is 2.09. The number of nitrogens with two attached hydrogens (primary N) is 1.